The number of carbonyl (C=O) groups is 1. The molecule has 0 aromatic carbocycles. The number of thiophene rings is 1. The molecule has 1 amide bonds. The molecule has 0 unspecified atom stereocenters. The lowest BCUT2D eigenvalue weighted by atomic mass is 10.0. The van der Waals surface area contributed by atoms with Crippen LogP contribution in [0, 0.1) is 20.8 Å². The molecule has 124 valence electrons. The highest BCUT2D eigenvalue weighted by Gasteiger charge is 2.25. The Kier molecular flexibility index (Phi) is 3.64. The molecule has 4 rings (SSSR count). The van der Waals surface area contributed by atoms with E-state index in [9.17, 15) is 4.79 Å². The van der Waals surface area contributed by atoms with E-state index in [4.69, 9.17) is 4.52 Å². The molecule has 0 saturated carbocycles. The number of hydrogen-bond acceptors (Lipinski definition) is 5. The van der Waals surface area contributed by atoms with Gasteiger partial charge in [0, 0.05) is 28.4 Å². The lowest BCUT2D eigenvalue weighted by Crippen LogP contribution is -2.27. The van der Waals surface area contributed by atoms with Crippen LogP contribution in [0.25, 0.3) is 22.4 Å². The Morgan fingerprint density at radius 2 is 1.96 bits per heavy atom. The van der Waals surface area contributed by atoms with E-state index in [0.717, 1.165) is 42.6 Å². The van der Waals surface area contributed by atoms with Crippen LogP contribution in [0.3, 0.4) is 0 Å². The zero-order valence-electron chi connectivity index (χ0n) is 14.0. The summed E-state index contributed by atoms with van der Waals surface area (Å²) in [5, 5.41) is 4.76. The number of nitrogens with zero attached hydrogens (tertiary/aromatic N) is 3. The van der Waals surface area contributed by atoms with E-state index in [0.29, 0.717) is 17.0 Å². The van der Waals surface area contributed by atoms with Crippen LogP contribution in [0.5, 0.6) is 0 Å². The molecule has 0 atom stereocenters. The smallest absolute Gasteiger partial charge is 0.259 e. The Labute approximate surface area is 144 Å². The summed E-state index contributed by atoms with van der Waals surface area (Å²) in [6, 6.07) is 4.02. The van der Waals surface area contributed by atoms with Crippen molar-refractivity contribution in [3.63, 3.8) is 0 Å². The minimum Gasteiger partial charge on any atom is -0.339 e. The van der Waals surface area contributed by atoms with E-state index >= 15 is 0 Å². The lowest BCUT2D eigenvalue weighted by Gasteiger charge is -2.16. The summed E-state index contributed by atoms with van der Waals surface area (Å²) in [6.07, 6.45) is 2.14. The van der Waals surface area contributed by atoms with E-state index in [-0.39, 0.29) is 5.91 Å². The van der Waals surface area contributed by atoms with E-state index in [1.807, 2.05) is 17.9 Å². The second-order valence-corrected chi connectivity index (χ2v) is 7.79. The van der Waals surface area contributed by atoms with Gasteiger partial charge in [-0.05, 0) is 45.7 Å². The number of rotatable bonds is 2. The minimum atomic E-state index is 0.0528. The number of aryl methyl sites for hydroxylation is 3. The van der Waals surface area contributed by atoms with Gasteiger partial charge in [-0.1, -0.05) is 5.16 Å². The number of aromatic nitrogens is 2. The average molecular weight is 341 g/mol. The third kappa shape index (κ3) is 2.41. The van der Waals surface area contributed by atoms with Crippen molar-refractivity contribution in [2.75, 3.05) is 13.1 Å². The van der Waals surface area contributed by atoms with Crippen LogP contribution in [0.1, 0.15) is 38.6 Å². The fraction of sp³-hybridized carbons (Fsp3) is 0.389. The monoisotopic (exact) mass is 341 g/mol. The molecule has 1 aliphatic heterocycles. The van der Waals surface area contributed by atoms with Crippen LogP contribution in [-0.2, 0) is 0 Å². The first-order valence-electron chi connectivity index (χ1n) is 8.18. The van der Waals surface area contributed by atoms with Gasteiger partial charge in [0.05, 0.1) is 22.3 Å². The number of fused-ring (bicyclic) bond motifs is 1. The molecule has 0 radical (unpaired) electrons. The molecule has 0 aliphatic carbocycles. The van der Waals surface area contributed by atoms with Gasteiger partial charge in [0.1, 0.15) is 0 Å². The SMILES string of the molecule is Cc1cc(-c2cc(C(=O)N3CCCC3)c3c(C)noc3n2)c(C)s1. The molecule has 3 aromatic heterocycles. The Bertz CT molecular complexity index is 935. The van der Waals surface area contributed by atoms with Crippen molar-refractivity contribution in [2.24, 2.45) is 0 Å². The molecule has 0 N–H and O–H groups in total. The second-order valence-electron chi connectivity index (χ2n) is 6.33. The summed E-state index contributed by atoms with van der Waals surface area (Å²) in [7, 11) is 0. The van der Waals surface area contributed by atoms with Crippen LogP contribution in [0.15, 0.2) is 16.7 Å². The summed E-state index contributed by atoms with van der Waals surface area (Å²) in [6.45, 7) is 7.65. The normalized spacial score (nSPS) is 14.7. The predicted octanol–water partition coefficient (Wildman–Crippen LogP) is 4.11. The van der Waals surface area contributed by atoms with Crippen molar-refractivity contribution in [2.45, 2.75) is 33.6 Å². The summed E-state index contributed by atoms with van der Waals surface area (Å²) < 4.78 is 5.38. The summed E-state index contributed by atoms with van der Waals surface area (Å²) in [5.74, 6) is 0.0528. The van der Waals surface area contributed by atoms with Crippen molar-refractivity contribution in [3.05, 3.63) is 33.1 Å². The molecule has 24 heavy (non-hydrogen) atoms. The molecule has 3 aromatic rings. The van der Waals surface area contributed by atoms with E-state index in [1.54, 1.807) is 11.3 Å². The molecule has 0 spiro atoms. The Morgan fingerprint density at radius 1 is 1.21 bits per heavy atom. The summed E-state index contributed by atoms with van der Waals surface area (Å²) in [4.78, 5) is 22.0. The topological polar surface area (TPSA) is 59.2 Å². The van der Waals surface area contributed by atoms with Gasteiger partial charge in [0.25, 0.3) is 11.6 Å². The highest BCUT2D eigenvalue weighted by Crippen LogP contribution is 2.33. The highest BCUT2D eigenvalue weighted by molar-refractivity contribution is 7.12. The number of pyridine rings is 1. The zero-order valence-corrected chi connectivity index (χ0v) is 14.9. The zero-order chi connectivity index (χ0) is 16.8. The summed E-state index contributed by atoms with van der Waals surface area (Å²) in [5.41, 5.74) is 3.64. The number of amides is 1. The average Bonchev–Trinajstić information content (AvgIpc) is 3.27. The number of hydrogen-bond donors (Lipinski definition) is 0. The minimum absolute atomic E-state index is 0.0528. The van der Waals surface area contributed by atoms with Gasteiger partial charge in [-0.25, -0.2) is 4.98 Å². The van der Waals surface area contributed by atoms with Crippen LogP contribution < -0.4 is 0 Å². The molecule has 1 aliphatic rings. The first-order chi connectivity index (χ1) is 11.5. The summed E-state index contributed by atoms with van der Waals surface area (Å²) >= 11 is 1.73. The Morgan fingerprint density at radius 3 is 2.62 bits per heavy atom. The van der Waals surface area contributed by atoms with Crippen LogP contribution in [0.4, 0.5) is 0 Å². The van der Waals surface area contributed by atoms with Gasteiger partial charge in [0.2, 0.25) is 0 Å². The molecule has 4 heterocycles. The largest absolute Gasteiger partial charge is 0.339 e. The predicted molar refractivity (Wildman–Crippen MR) is 94.5 cm³/mol. The van der Waals surface area contributed by atoms with Crippen molar-refractivity contribution in [1.82, 2.24) is 15.0 Å². The van der Waals surface area contributed by atoms with Crippen molar-refractivity contribution < 1.29 is 9.32 Å². The first kappa shape index (κ1) is 15.3. The van der Waals surface area contributed by atoms with Crippen molar-refractivity contribution in [1.29, 1.82) is 0 Å². The third-order valence-corrected chi connectivity index (χ3v) is 5.52. The fourth-order valence-electron chi connectivity index (χ4n) is 3.38. The maximum Gasteiger partial charge on any atom is 0.259 e. The van der Waals surface area contributed by atoms with Crippen LogP contribution in [0.2, 0.25) is 0 Å². The quantitative estimate of drug-likeness (QED) is 0.704. The Balaban J connectivity index is 1.91. The van der Waals surface area contributed by atoms with Gasteiger partial charge in [0.15, 0.2) is 0 Å². The van der Waals surface area contributed by atoms with Gasteiger partial charge in [-0.3, -0.25) is 4.79 Å². The molecule has 5 nitrogen and oxygen atoms in total. The Hall–Kier alpha value is -2.21. The third-order valence-electron chi connectivity index (χ3n) is 4.56. The van der Waals surface area contributed by atoms with E-state index in [1.165, 1.54) is 9.75 Å². The maximum atomic E-state index is 13.0. The van der Waals surface area contributed by atoms with Crippen LogP contribution >= 0.6 is 11.3 Å². The first-order valence-corrected chi connectivity index (χ1v) is 9.00. The fourth-order valence-corrected chi connectivity index (χ4v) is 4.31. The lowest BCUT2D eigenvalue weighted by molar-refractivity contribution is 0.0794. The van der Waals surface area contributed by atoms with Crippen LogP contribution in [-0.4, -0.2) is 34.0 Å². The molecule has 1 saturated heterocycles. The molecule has 0 bridgehead atoms. The van der Waals surface area contributed by atoms with Gasteiger partial charge >= 0.3 is 0 Å². The van der Waals surface area contributed by atoms with E-state index < -0.39 is 0 Å². The van der Waals surface area contributed by atoms with Gasteiger partial charge in [-0.2, -0.15) is 0 Å². The number of likely N-dealkylation sites (tertiary alicyclic amines) is 1. The highest BCUT2D eigenvalue weighted by atomic mass is 32.1. The molecular formula is C18H19N3O2S. The van der Waals surface area contributed by atoms with Crippen molar-refractivity contribution in [3.8, 4) is 11.3 Å². The number of carbonyl (C=O) groups excluding carboxylic acids is 1. The second kappa shape index (κ2) is 5.70. The van der Waals surface area contributed by atoms with Gasteiger partial charge < -0.3 is 9.42 Å². The van der Waals surface area contributed by atoms with Gasteiger partial charge in [-0.15, -0.1) is 11.3 Å². The molecule has 6 heteroatoms. The maximum absolute atomic E-state index is 13.0. The van der Waals surface area contributed by atoms with E-state index in [2.05, 4.69) is 30.1 Å². The van der Waals surface area contributed by atoms with Crippen molar-refractivity contribution >= 4 is 28.3 Å². The molecular weight excluding hydrogens is 322 g/mol. The molecule has 1 fully saturated rings. The standard InChI is InChI=1S/C18H19N3O2S/c1-10-8-13(12(3)24-10)15-9-14(18(22)21-6-4-5-7-21)16-11(2)20-23-17(16)19-15/h8-9H,4-7H2,1-3H3.